The molecule has 0 bridgehead atoms. The van der Waals surface area contributed by atoms with Crippen molar-refractivity contribution in [1.29, 1.82) is 0 Å². The van der Waals surface area contributed by atoms with E-state index in [2.05, 4.69) is 46.6 Å². The van der Waals surface area contributed by atoms with Crippen molar-refractivity contribution in [3.63, 3.8) is 0 Å². The van der Waals surface area contributed by atoms with Crippen LogP contribution in [-0.4, -0.2) is 63.0 Å². The Morgan fingerprint density at radius 3 is 2.44 bits per heavy atom. The first-order valence-corrected chi connectivity index (χ1v) is 16.4. The van der Waals surface area contributed by atoms with Crippen LogP contribution in [0.2, 0.25) is 0 Å². The first kappa shape index (κ1) is 36.6. The van der Waals surface area contributed by atoms with Crippen molar-refractivity contribution in [3.05, 3.63) is 98.2 Å². The zero-order chi connectivity index (χ0) is 36.5. The summed E-state index contributed by atoms with van der Waals surface area (Å²) in [5.74, 6) is -2.00. The van der Waals surface area contributed by atoms with Crippen LogP contribution in [0.4, 0.5) is 17.6 Å². The molecule has 0 spiro atoms. The third-order valence-electron chi connectivity index (χ3n) is 7.79. The molecule has 1 atom stereocenters. The second-order valence-corrected chi connectivity index (χ2v) is 13.4. The summed E-state index contributed by atoms with van der Waals surface area (Å²) in [7, 11) is 1.55. The van der Waals surface area contributed by atoms with Crippen molar-refractivity contribution in [1.82, 2.24) is 44.3 Å². The summed E-state index contributed by atoms with van der Waals surface area (Å²) >= 11 is 9.27. The summed E-state index contributed by atoms with van der Waals surface area (Å²) in [6, 6.07) is 2.04. The van der Waals surface area contributed by atoms with Gasteiger partial charge in [-0.1, -0.05) is 15.9 Å². The Bertz CT molecular complexity index is 2130. The highest BCUT2D eigenvalue weighted by atomic mass is 79.9. The molecule has 0 saturated heterocycles. The number of hydrogen-bond acceptors (Lipinski definition) is 7. The van der Waals surface area contributed by atoms with Crippen LogP contribution < -0.4 is 16.2 Å². The van der Waals surface area contributed by atoms with E-state index in [0.717, 1.165) is 16.8 Å². The van der Waals surface area contributed by atoms with Crippen molar-refractivity contribution in [2.24, 2.45) is 7.05 Å². The first-order valence-electron chi connectivity index (χ1n) is 15.1. The molecule has 0 saturated carbocycles. The van der Waals surface area contributed by atoms with Crippen LogP contribution in [-0.2, 0) is 37.4 Å². The van der Waals surface area contributed by atoms with Crippen LogP contribution in [0.15, 0.2) is 58.5 Å². The summed E-state index contributed by atoms with van der Waals surface area (Å²) < 4.78 is 60.8. The van der Waals surface area contributed by atoms with E-state index in [1.165, 1.54) is 39.8 Å². The molecule has 0 aliphatic carbocycles. The lowest BCUT2D eigenvalue weighted by atomic mass is 10.0. The van der Waals surface area contributed by atoms with E-state index in [1.54, 1.807) is 34.0 Å². The second kappa shape index (κ2) is 14.3. The highest BCUT2D eigenvalue weighted by Gasteiger charge is 2.37. The predicted molar refractivity (Wildman–Crippen MR) is 179 cm³/mol. The molecular formula is C32H31BrClF4N9O3. The zero-order valence-electron chi connectivity index (χ0n) is 27.1. The lowest BCUT2D eigenvalue weighted by Crippen LogP contribution is -2.55. The highest BCUT2D eigenvalue weighted by Crippen LogP contribution is 2.32. The number of carbonyl (C=O) groups excluding carboxylic acids is 2. The van der Waals surface area contributed by atoms with Gasteiger partial charge in [0.05, 0.1) is 23.3 Å². The van der Waals surface area contributed by atoms with Gasteiger partial charge in [0.2, 0.25) is 11.6 Å². The molecule has 18 heteroatoms. The minimum Gasteiger partial charge on any atom is -0.348 e. The van der Waals surface area contributed by atoms with Gasteiger partial charge in [0.25, 0.3) is 11.5 Å². The number of halogens is 6. The summed E-state index contributed by atoms with van der Waals surface area (Å²) in [4.78, 5) is 52.7. The Hall–Kier alpha value is -4.64. The van der Waals surface area contributed by atoms with Gasteiger partial charge < -0.3 is 15.2 Å². The Morgan fingerprint density at radius 1 is 1.08 bits per heavy atom. The van der Waals surface area contributed by atoms with Crippen molar-refractivity contribution >= 4 is 45.0 Å². The van der Waals surface area contributed by atoms with Gasteiger partial charge in [0, 0.05) is 66.1 Å². The van der Waals surface area contributed by atoms with Gasteiger partial charge in [-0.25, -0.2) is 19.3 Å². The summed E-state index contributed by atoms with van der Waals surface area (Å²) in [5.41, 5.74) is -2.06. The minimum absolute atomic E-state index is 0.0637. The molecule has 0 aliphatic heterocycles. The molecule has 264 valence electrons. The molecule has 0 fully saturated rings. The minimum atomic E-state index is -4.76. The largest absolute Gasteiger partial charge is 0.435 e. The molecule has 5 aromatic rings. The number of aryl methyl sites for hydroxylation is 2. The van der Waals surface area contributed by atoms with Gasteiger partial charge in [-0.3, -0.25) is 23.5 Å². The predicted octanol–water partition coefficient (Wildman–Crippen LogP) is 4.63. The number of nitrogens with zero attached hydrogens (tertiary/aromatic N) is 7. The zero-order valence-corrected chi connectivity index (χ0v) is 29.5. The maximum atomic E-state index is 15.1. The molecule has 4 aromatic heterocycles. The average Bonchev–Trinajstić information content (AvgIpc) is 3.65. The second-order valence-electron chi connectivity index (χ2n) is 12.2. The van der Waals surface area contributed by atoms with E-state index in [9.17, 15) is 27.6 Å². The molecule has 2 N–H and O–H groups in total. The molecule has 0 radical (unpaired) electrons. The molecular weight excluding hydrogens is 750 g/mol. The van der Waals surface area contributed by atoms with Gasteiger partial charge >= 0.3 is 6.18 Å². The molecule has 50 heavy (non-hydrogen) atoms. The smallest absolute Gasteiger partial charge is 0.348 e. The topological polar surface area (TPSA) is 141 Å². The van der Waals surface area contributed by atoms with Crippen molar-refractivity contribution in [3.8, 4) is 11.3 Å². The summed E-state index contributed by atoms with van der Waals surface area (Å²) in [6.45, 7) is 4.52. The van der Waals surface area contributed by atoms with Gasteiger partial charge in [-0.05, 0) is 51.0 Å². The first-order chi connectivity index (χ1) is 23.5. The van der Waals surface area contributed by atoms with Gasteiger partial charge in [0.1, 0.15) is 17.7 Å². The van der Waals surface area contributed by atoms with Gasteiger partial charge in [0.15, 0.2) is 5.69 Å². The van der Waals surface area contributed by atoms with E-state index in [0.29, 0.717) is 21.6 Å². The van der Waals surface area contributed by atoms with E-state index in [-0.39, 0.29) is 47.7 Å². The molecule has 0 aliphatic rings. The van der Waals surface area contributed by atoms with E-state index in [4.69, 9.17) is 11.6 Å². The number of hydrogen-bond donors (Lipinski definition) is 2. The maximum absolute atomic E-state index is 15.1. The maximum Gasteiger partial charge on any atom is 0.435 e. The fraction of sp³-hybridized carbons (Fsp3) is 0.344. The third kappa shape index (κ3) is 7.88. The third-order valence-corrected chi connectivity index (χ3v) is 8.72. The van der Waals surface area contributed by atoms with Crippen LogP contribution in [0, 0.1) is 12.7 Å². The van der Waals surface area contributed by atoms with E-state index in [1.807, 2.05) is 0 Å². The van der Waals surface area contributed by atoms with Crippen molar-refractivity contribution < 1.29 is 27.2 Å². The monoisotopic (exact) mass is 779 g/mol. The number of alkyl halides is 4. The van der Waals surface area contributed by atoms with Crippen LogP contribution in [0.1, 0.15) is 47.0 Å². The molecule has 1 aromatic carbocycles. The number of carbonyl (C=O) groups is 2. The van der Waals surface area contributed by atoms with E-state index < -0.39 is 46.6 Å². The molecule has 12 nitrogen and oxygen atoms in total. The SMILES string of the molecule is Cc1ncc(-c2cc(C(F)(F)F)nn2CC(C)(C)NC(=O)[C@@H](Cc2cnc3c(=O)n(C)ccn23)NC(=O)c2c(F)ccc(Br)c2CCCl)cn1. The Kier molecular flexibility index (Phi) is 10.5. The highest BCUT2D eigenvalue weighted by molar-refractivity contribution is 9.10. The van der Waals surface area contributed by atoms with Crippen molar-refractivity contribution in [2.75, 3.05) is 5.88 Å². The summed E-state index contributed by atoms with van der Waals surface area (Å²) in [5, 5.41) is 9.19. The number of nitrogens with one attached hydrogen (secondary N) is 2. The number of amides is 2. The number of rotatable bonds is 11. The van der Waals surface area contributed by atoms with Crippen molar-refractivity contribution in [2.45, 2.75) is 57.9 Å². The normalized spacial score (nSPS) is 12.7. The molecule has 0 unspecified atom stereocenters. The summed E-state index contributed by atoms with van der Waals surface area (Å²) in [6.07, 6.45) is 2.38. The fourth-order valence-electron chi connectivity index (χ4n) is 5.36. The van der Waals surface area contributed by atoms with Crippen LogP contribution in [0.5, 0.6) is 0 Å². The lowest BCUT2D eigenvalue weighted by molar-refractivity contribution is -0.141. The Balaban J connectivity index is 1.49. The quantitative estimate of drug-likeness (QED) is 0.147. The molecule has 4 heterocycles. The number of imidazole rings is 1. The molecule has 5 rings (SSSR count). The van der Waals surface area contributed by atoms with Gasteiger partial charge in [-0.15, -0.1) is 11.6 Å². The van der Waals surface area contributed by atoms with Crippen LogP contribution in [0.25, 0.3) is 16.9 Å². The number of fused-ring (bicyclic) bond motifs is 1. The van der Waals surface area contributed by atoms with E-state index >= 15 is 4.39 Å². The fourth-order valence-corrected chi connectivity index (χ4v) is 6.08. The Labute approximate surface area is 296 Å². The van der Waals surface area contributed by atoms with Gasteiger partial charge in [-0.2, -0.15) is 18.3 Å². The Morgan fingerprint density at radius 2 is 1.78 bits per heavy atom. The lowest BCUT2D eigenvalue weighted by Gasteiger charge is -2.30. The number of benzene rings is 1. The molecule has 2 amide bonds. The van der Waals surface area contributed by atoms with Crippen LogP contribution >= 0.6 is 27.5 Å². The van der Waals surface area contributed by atoms with Crippen LogP contribution in [0.3, 0.4) is 0 Å². The standard InChI is InChI=1S/C32H31BrClF4N9O3/c1-17-39-13-18(14-40-17)24-12-25(32(36,37)38)44-47(24)16-31(2,3)43-28(48)23(11-19-15-41-27-30(50)45(4)9-10-46(19)27)42-29(49)26-20(7-8-34)21(33)5-6-22(26)35/h5-6,9-10,12-15,23H,7-8,11,16H2,1-4H3,(H,42,49)(H,43,48)/t23-/m1/s1. The average molecular weight is 781 g/mol. The number of aromatic nitrogens is 7.